The Bertz CT molecular complexity index is 364. The molecule has 1 aromatic heterocycles. The number of ether oxygens (including phenoxy) is 2. The molecule has 3 rings (SSSR count). The maximum atomic E-state index is 5.79. The third-order valence-corrected chi connectivity index (χ3v) is 3.68. The van der Waals surface area contributed by atoms with Crippen molar-refractivity contribution >= 4 is 28.9 Å². The highest BCUT2D eigenvalue weighted by Crippen LogP contribution is 2.21. The summed E-state index contributed by atoms with van der Waals surface area (Å²) >= 11 is 1.56. The smallest absolute Gasteiger partial charge is 0.180 e. The normalized spacial score (nSPS) is 28.7. The predicted molar refractivity (Wildman–Crippen MR) is 68.5 cm³/mol. The van der Waals surface area contributed by atoms with Crippen molar-refractivity contribution in [3.05, 3.63) is 11.1 Å². The number of nitrogens with zero attached hydrogens (tertiary/aromatic N) is 2. The van der Waals surface area contributed by atoms with Gasteiger partial charge in [-0.3, -0.25) is 4.90 Å². The number of fused-ring (bicyclic) bond motifs is 2. The van der Waals surface area contributed by atoms with Crippen LogP contribution >= 0.6 is 23.7 Å². The first-order chi connectivity index (χ1) is 7.79. The largest absolute Gasteiger partial charge is 0.376 e. The lowest BCUT2D eigenvalue weighted by molar-refractivity contribution is -0.180. The average molecular weight is 278 g/mol. The van der Waals surface area contributed by atoms with Crippen LogP contribution in [0.1, 0.15) is 4.88 Å². The van der Waals surface area contributed by atoms with Crippen LogP contribution < -0.4 is 5.73 Å². The second-order valence-electron chi connectivity index (χ2n) is 4.28. The number of halogens is 1. The highest BCUT2D eigenvalue weighted by atomic mass is 35.5. The van der Waals surface area contributed by atoms with E-state index < -0.39 is 0 Å². The second kappa shape index (κ2) is 5.49. The molecule has 0 radical (unpaired) electrons. The zero-order chi connectivity index (χ0) is 11.0. The first kappa shape index (κ1) is 13.0. The van der Waals surface area contributed by atoms with Crippen molar-refractivity contribution in [2.75, 3.05) is 32.0 Å². The molecule has 5 nitrogen and oxygen atoms in total. The first-order valence-electron chi connectivity index (χ1n) is 5.45. The van der Waals surface area contributed by atoms with Crippen molar-refractivity contribution in [1.29, 1.82) is 0 Å². The fourth-order valence-corrected chi connectivity index (χ4v) is 3.00. The van der Waals surface area contributed by atoms with E-state index >= 15 is 0 Å². The van der Waals surface area contributed by atoms with Crippen molar-refractivity contribution in [3.63, 3.8) is 0 Å². The third kappa shape index (κ3) is 3.08. The van der Waals surface area contributed by atoms with Gasteiger partial charge in [-0.2, -0.15) is 0 Å². The molecule has 2 fully saturated rings. The summed E-state index contributed by atoms with van der Waals surface area (Å²) in [4.78, 5) is 7.69. The van der Waals surface area contributed by atoms with Gasteiger partial charge in [-0.1, -0.05) is 0 Å². The monoisotopic (exact) mass is 277 g/mol. The molecule has 0 amide bonds. The SMILES string of the molecule is Cl.Nc1ncc(CN2CC3COCC(C2)O3)s1. The Balaban J connectivity index is 0.00000108. The molecule has 17 heavy (non-hydrogen) atoms. The van der Waals surface area contributed by atoms with Gasteiger partial charge in [0, 0.05) is 30.7 Å². The van der Waals surface area contributed by atoms with Crippen molar-refractivity contribution < 1.29 is 9.47 Å². The number of hydrogen-bond acceptors (Lipinski definition) is 6. The Morgan fingerprint density at radius 1 is 1.41 bits per heavy atom. The van der Waals surface area contributed by atoms with Gasteiger partial charge in [-0.05, 0) is 0 Å². The van der Waals surface area contributed by atoms with E-state index in [-0.39, 0.29) is 24.6 Å². The van der Waals surface area contributed by atoms with Crippen LogP contribution in [-0.2, 0) is 16.0 Å². The van der Waals surface area contributed by atoms with E-state index in [1.165, 1.54) is 4.88 Å². The van der Waals surface area contributed by atoms with Crippen LogP contribution in [-0.4, -0.2) is 48.4 Å². The minimum atomic E-state index is 0. The summed E-state index contributed by atoms with van der Waals surface area (Å²) in [6.45, 7) is 4.24. The zero-order valence-electron chi connectivity index (χ0n) is 9.37. The standard InChI is InChI=1S/C10H15N3O2S.ClH/c11-10-12-1-9(16-10)4-13-2-7-5-14-6-8(3-13)15-7;/h1,7-8H,2-6H2,(H2,11,12);1H. The van der Waals surface area contributed by atoms with E-state index in [0.29, 0.717) is 5.13 Å². The van der Waals surface area contributed by atoms with Gasteiger partial charge in [0.1, 0.15) is 0 Å². The van der Waals surface area contributed by atoms with Crippen molar-refractivity contribution in [3.8, 4) is 0 Å². The molecule has 2 unspecified atom stereocenters. The van der Waals surface area contributed by atoms with Gasteiger partial charge < -0.3 is 15.2 Å². The van der Waals surface area contributed by atoms with E-state index in [1.807, 2.05) is 6.20 Å². The number of aromatic nitrogens is 1. The van der Waals surface area contributed by atoms with Crippen LogP contribution in [0.25, 0.3) is 0 Å². The maximum Gasteiger partial charge on any atom is 0.180 e. The molecule has 7 heteroatoms. The molecule has 3 heterocycles. The summed E-state index contributed by atoms with van der Waals surface area (Å²) < 4.78 is 11.2. The van der Waals surface area contributed by atoms with Gasteiger partial charge in [0.25, 0.3) is 0 Å². The number of anilines is 1. The number of morpholine rings is 1. The molecule has 2 aliphatic heterocycles. The quantitative estimate of drug-likeness (QED) is 0.864. The van der Waals surface area contributed by atoms with Crippen LogP contribution in [0, 0.1) is 0 Å². The van der Waals surface area contributed by atoms with E-state index in [2.05, 4.69) is 9.88 Å². The number of hydrogen-bond donors (Lipinski definition) is 1. The molecule has 0 saturated carbocycles. The molecule has 0 aromatic carbocycles. The van der Waals surface area contributed by atoms with Crippen molar-refractivity contribution in [2.45, 2.75) is 18.8 Å². The molecule has 96 valence electrons. The van der Waals surface area contributed by atoms with Crippen LogP contribution in [0.5, 0.6) is 0 Å². The second-order valence-corrected chi connectivity index (χ2v) is 5.42. The number of nitrogen functional groups attached to an aromatic ring is 1. The van der Waals surface area contributed by atoms with Gasteiger partial charge in [0.2, 0.25) is 0 Å². The molecule has 2 aliphatic rings. The van der Waals surface area contributed by atoms with E-state index in [4.69, 9.17) is 15.2 Å². The molecule has 0 spiro atoms. The first-order valence-corrected chi connectivity index (χ1v) is 6.27. The lowest BCUT2D eigenvalue weighted by Gasteiger charge is -2.41. The highest BCUT2D eigenvalue weighted by molar-refractivity contribution is 7.15. The Kier molecular flexibility index (Phi) is 4.22. The van der Waals surface area contributed by atoms with Crippen molar-refractivity contribution in [2.24, 2.45) is 0 Å². The van der Waals surface area contributed by atoms with Crippen molar-refractivity contribution in [1.82, 2.24) is 9.88 Å². The molecule has 0 aliphatic carbocycles. The summed E-state index contributed by atoms with van der Waals surface area (Å²) in [6, 6.07) is 0. The molecule has 2 bridgehead atoms. The van der Waals surface area contributed by atoms with Crippen LogP contribution in [0.15, 0.2) is 6.20 Å². The number of thiazole rings is 1. The van der Waals surface area contributed by atoms with Crippen LogP contribution in [0.4, 0.5) is 5.13 Å². The van der Waals surface area contributed by atoms with Crippen LogP contribution in [0.3, 0.4) is 0 Å². The molecular weight excluding hydrogens is 262 g/mol. The fraction of sp³-hybridized carbons (Fsp3) is 0.700. The lowest BCUT2D eigenvalue weighted by Crippen LogP contribution is -2.53. The summed E-state index contributed by atoms with van der Waals surface area (Å²) in [5.74, 6) is 0. The zero-order valence-corrected chi connectivity index (χ0v) is 11.0. The molecule has 2 N–H and O–H groups in total. The van der Waals surface area contributed by atoms with E-state index in [0.717, 1.165) is 32.8 Å². The predicted octanol–water partition coefficient (Wildman–Crippen LogP) is 0.747. The summed E-state index contributed by atoms with van der Waals surface area (Å²) in [5.41, 5.74) is 5.62. The summed E-state index contributed by atoms with van der Waals surface area (Å²) in [6.07, 6.45) is 2.33. The average Bonchev–Trinajstić information content (AvgIpc) is 2.63. The number of rotatable bonds is 2. The van der Waals surface area contributed by atoms with Crippen LogP contribution in [0.2, 0.25) is 0 Å². The lowest BCUT2D eigenvalue weighted by atomic mass is 10.2. The Morgan fingerprint density at radius 3 is 2.71 bits per heavy atom. The third-order valence-electron chi connectivity index (χ3n) is 2.87. The van der Waals surface area contributed by atoms with Gasteiger partial charge >= 0.3 is 0 Å². The van der Waals surface area contributed by atoms with E-state index in [1.54, 1.807) is 11.3 Å². The minimum absolute atomic E-state index is 0. The Morgan fingerprint density at radius 2 is 2.12 bits per heavy atom. The topological polar surface area (TPSA) is 60.6 Å². The maximum absolute atomic E-state index is 5.79. The highest BCUT2D eigenvalue weighted by Gasteiger charge is 2.31. The molecular formula is C10H16ClN3O2S. The van der Waals surface area contributed by atoms with Gasteiger partial charge in [-0.15, -0.1) is 23.7 Å². The fourth-order valence-electron chi connectivity index (χ4n) is 2.27. The Labute approximate surface area is 110 Å². The van der Waals surface area contributed by atoms with Gasteiger partial charge in [0.15, 0.2) is 5.13 Å². The van der Waals surface area contributed by atoms with E-state index in [9.17, 15) is 0 Å². The minimum Gasteiger partial charge on any atom is -0.376 e. The van der Waals surface area contributed by atoms with Gasteiger partial charge in [0.05, 0.1) is 25.4 Å². The molecule has 2 saturated heterocycles. The van der Waals surface area contributed by atoms with Gasteiger partial charge in [-0.25, -0.2) is 4.98 Å². The summed E-state index contributed by atoms with van der Waals surface area (Å²) in [7, 11) is 0. The number of nitrogens with two attached hydrogens (primary N) is 1. The summed E-state index contributed by atoms with van der Waals surface area (Å²) in [5, 5.41) is 0.645. The molecule has 2 atom stereocenters. The Hall–Kier alpha value is -0.400. The molecule has 1 aromatic rings.